The van der Waals surface area contributed by atoms with Crippen LogP contribution in [-0.4, -0.2) is 63.9 Å². The number of hydrogen-bond acceptors (Lipinski definition) is 8. The molecule has 1 unspecified atom stereocenters. The third-order valence-corrected chi connectivity index (χ3v) is 8.35. The Labute approximate surface area is 248 Å². The van der Waals surface area contributed by atoms with Gasteiger partial charge in [0.05, 0.1) is 6.20 Å². The minimum atomic E-state index is -0.100. The van der Waals surface area contributed by atoms with Gasteiger partial charge in [0.2, 0.25) is 5.89 Å². The average Bonchev–Trinajstić information content (AvgIpc) is 3.76. The molecule has 216 valence electrons. The van der Waals surface area contributed by atoms with E-state index in [-0.39, 0.29) is 17.9 Å². The van der Waals surface area contributed by atoms with Gasteiger partial charge in [0.1, 0.15) is 17.3 Å². The quantitative estimate of drug-likeness (QED) is 0.272. The number of rotatable bonds is 6. The topological polar surface area (TPSA) is 121 Å². The Bertz CT molecular complexity index is 1920. The molecule has 4 aromatic heterocycles. The lowest BCUT2D eigenvalue weighted by molar-refractivity contribution is 0.0658. The van der Waals surface area contributed by atoms with Gasteiger partial charge >= 0.3 is 0 Å². The second kappa shape index (κ2) is 10.9. The summed E-state index contributed by atoms with van der Waals surface area (Å²) in [4.78, 5) is 26.3. The Hall–Kier alpha value is -5.19. The van der Waals surface area contributed by atoms with Crippen LogP contribution < -0.4 is 0 Å². The third-order valence-electron chi connectivity index (χ3n) is 8.35. The maximum Gasteiger partial charge on any atom is 0.272 e. The van der Waals surface area contributed by atoms with E-state index >= 15 is 0 Å². The smallest absolute Gasteiger partial charge is 0.272 e. The highest BCUT2D eigenvalue weighted by atomic mass is 16.3. The predicted octanol–water partition coefficient (Wildman–Crippen LogP) is 5.04. The van der Waals surface area contributed by atoms with Gasteiger partial charge in [-0.05, 0) is 73.2 Å². The van der Waals surface area contributed by atoms with Crippen LogP contribution in [0, 0.1) is 19.8 Å². The van der Waals surface area contributed by atoms with Crippen LogP contribution in [0.5, 0.6) is 0 Å². The van der Waals surface area contributed by atoms with Crippen molar-refractivity contribution in [2.75, 3.05) is 13.1 Å². The second-order valence-electron chi connectivity index (χ2n) is 11.0. The van der Waals surface area contributed by atoms with Crippen molar-refractivity contribution in [3.05, 3.63) is 95.8 Å². The zero-order valence-corrected chi connectivity index (χ0v) is 24.3. The van der Waals surface area contributed by atoms with Crippen LogP contribution in [0.2, 0.25) is 0 Å². The van der Waals surface area contributed by atoms with E-state index in [1.165, 1.54) is 0 Å². The summed E-state index contributed by atoms with van der Waals surface area (Å²) >= 11 is 0. The van der Waals surface area contributed by atoms with E-state index in [9.17, 15) is 4.79 Å². The van der Waals surface area contributed by atoms with E-state index in [4.69, 9.17) is 9.40 Å². The first kappa shape index (κ1) is 26.7. The van der Waals surface area contributed by atoms with Crippen molar-refractivity contribution >= 4 is 17.0 Å². The van der Waals surface area contributed by atoms with E-state index < -0.39 is 0 Å². The number of fused-ring (bicyclic) bond motifs is 1. The van der Waals surface area contributed by atoms with Crippen LogP contribution in [-0.2, 0) is 7.05 Å². The molecule has 2 aromatic carbocycles. The van der Waals surface area contributed by atoms with Gasteiger partial charge in [-0.3, -0.25) is 14.5 Å². The molecule has 0 aliphatic carbocycles. The summed E-state index contributed by atoms with van der Waals surface area (Å²) in [6, 6.07) is 19.7. The molecule has 0 radical (unpaired) electrons. The lowest BCUT2D eigenvalue weighted by Crippen LogP contribution is -2.41. The zero-order chi connectivity index (χ0) is 29.5. The Morgan fingerprint density at radius 2 is 1.81 bits per heavy atom. The highest BCUT2D eigenvalue weighted by Crippen LogP contribution is 2.34. The van der Waals surface area contributed by atoms with Crippen LogP contribution in [0.25, 0.3) is 33.7 Å². The maximum atomic E-state index is 13.6. The molecule has 0 bridgehead atoms. The summed E-state index contributed by atoms with van der Waals surface area (Å²) in [6.45, 7) is 5.11. The van der Waals surface area contributed by atoms with E-state index in [0.717, 1.165) is 40.7 Å². The fourth-order valence-corrected chi connectivity index (χ4v) is 5.92. The summed E-state index contributed by atoms with van der Waals surface area (Å²) in [5.74, 6) is 1.25. The lowest BCUT2D eigenvalue weighted by Gasteiger charge is -2.35. The van der Waals surface area contributed by atoms with Crippen LogP contribution >= 0.6 is 0 Å². The molecule has 1 saturated heterocycles. The number of pyridine rings is 1. The molecule has 0 N–H and O–H groups in total. The standard InChI is InChI=1S/C32H31N9O2/c1-20-26(19-34-39(20)3)24-9-10-29-27(17-24)35-31(43-29)25-11-14-33-28(18-25)32(42)40-15-12-23(13-16-40)30(22-7-5-4-6-8-22)41-37-21(2)36-38-41/h4-11,14,17-19,23,30H,12-13,15-16H2,1-3H3. The fourth-order valence-electron chi connectivity index (χ4n) is 5.92. The molecule has 11 nitrogen and oxygen atoms in total. The number of nitrogens with zero attached hydrogens (tertiary/aromatic N) is 9. The Morgan fingerprint density at radius 3 is 2.53 bits per heavy atom. The first-order chi connectivity index (χ1) is 20.9. The van der Waals surface area contributed by atoms with Crippen LogP contribution in [0.4, 0.5) is 0 Å². The largest absolute Gasteiger partial charge is 0.436 e. The Balaban J connectivity index is 1.08. The van der Waals surface area contributed by atoms with Crippen molar-refractivity contribution in [2.45, 2.75) is 32.7 Å². The molecule has 43 heavy (non-hydrogen) atoms. The molecular formula is C32H31N9O2. The first-order valence-corrected chi connectivity index (χ1v) is 14.4. The normalized spacial score (nSPS) is 14.8. The number of carbonyl (C=O) groups excluding carboxylic acids is 1. The minimum absolute atomic E-state index is 0.0390. The summed E-state index contributed by atoms with van der Waals surface area (Å²) in [5.41, 5.74) is 6.79. The molecule has 0 saturated carbocycles. The van der Waals surface area contributed by atoms with E-state index in [1.54, 1.807) is 17.1 Å². The number of amides is 1. The van der Waals surface area contributed by atoms with Gasteiger partial charge in [0.25, 0.3) is 5.91 Å². The van der Waals surface area contributed by atoms with E-state index in [2.05, 4.69) is 37.6 Å². The summed E-state index contributed by atoms with van der Waals surface area (Å²) < 4.78 is 7.93. The SMILES string of the molecule is Cc1nnn(C(c2ccccc2)C2CCN(C(=O)c3cc(-c4nc5cc(-c6cnn(C)c6C)ccc5o4)ccn3)CC2)n1. The minimum Gasteiger partial charge on any atom is -0.436 e. The van der Waals surface area contributed by atoms with Gasteiger partial charge in [0, 0.05) is 43.2 Å². The van der Waals surface area contributed by atoms with Gasteiger partial charge in [-0.1, -0.05) is 36.4 Å². The number of likely N-dealkylation sites (tertiary alicyclic amines) is 1. The Kier molecular flexibility index (Phi) is 6.77. The van der Waals surface area contributed by atoms with E-state index in [1.807, 2.05) is 79.1 Å². The highest BCUT2D eigenvalue weighted by Gasteiger charge is 2.32. The molecule has 1 amide bonds. The average molecular weight is 574 g/mol. The van der Waals surface area contributed by atoms with Gasteiger partial charge in [-0.25, -0.2) is 4.98 Å². The van der Waals surface area contributed by atoms with Gasteiger partial charge in [-0.15, -0.1) is 10.2 Å². The van der Waals surface area contributed by atoms with Gasteiger partial charge in [-0.2, -0.15) is 9.90 Å². The predicted molar refractivity (Wildman–Crippen MR) is 160 cm³/mol. The maximum absolute atomic E-state index is 13.6. The van der Waals surface area contributed by atoms with Crippen molar-refractivity contribution in [2.24, 2.45) is 13.0 Å². The summed E-state index contributed by atoms with van der Waals surface area (Å²) in [6.07, 6.45) is 5.12. The van der Waals surface area contributed by atoms with Crippen molar-refractivity contribution < 1.29 is 9.21 Å². The van der Waals surface area contributed by atoms with Crippen molar-refractivity contribution in [3.8, 4) is 22.6 Å². The molecule has 1 aliphatic rings. The monoisotopic (exact) mass is 573 g/mol. The number of tetrazole rings is 1. The zero-order valence-electron chi connectivity index (χ0n) is 24.3. The number of hydrogen-bond donors (Lipinski definition) is 0. The Morgan fingerprint density at radius 1 is 1.00 bits per heavy atom. The molecule has 1 atom stereocenters. The number of piperidine rings is 1. The number of benzene rings is 2. The number of carbonyl (C=O) groups is 1. The molecule has 6 aromatic rings. The van der Waals surface area contributed by atoms with Crippen molar-refractivity contribution in [1.82, 2.24) is 44.9 Å². The van der Waals surface area contributed by atoms with E-state index in [0.29, 0.717) is 41.6 Å². The molecule has 0 spiro atoms. The summed E-state index contributed by atoms with van der Waals surface area (Å²) in [5, 5.41) is 17.3. The second-order valence-corrected chi connectivity index (χ2v) is 11.0. The molecule has 1 fully saturated rings. The number of aromatic nitrogens is 8. The lowest BCUT2D eigenvalue weighted by atomic mass is 9.85. The number of oxazole rings is 1. The van der Waals surface area contributed by atoms with Gasteiger partial charge in [0.15, 0.2) is 11.4 Å². The van der Waals surface area contributed by atoms with Crippen LogP contribution in [0.15, 0.2) is 77.5 Å². The molecule has 5 heterocycles. The molecule has 1 aliphatic heterocycles. The molecule has 7 rings (SSSR count). The molecule has 11 heteroatoms. The van der Waals surface area contributed by atoms with Gasteiger partial charge < -0.3 is 9.32 Å². The third kappa shape index (κ3) is 5.07. The van der Waals surface area contributed by atoms with Crippen LogP contribution in [0.1, 0.15) is 46.5 Å². The van der Waals surface area contributed by atoms with Crippen LogP contribution in [0.3, 0.4) is 0 Å². The first-order valence-electron chi connectivity index (χ1n) is 14.4. The number of aryl methyl sites for hydroxylation is 2. The highest BCUT2D eigenvalue weighted by molar-refractivity contribution is 5.93. The molecular weight excluding hydrogens is 542 g/mol. The van der Waals surface area contributed by atoms with Crippen molar-refractivity contribution in [3.63, 3.8) is 0 Å². The fraction of sp³-hybridized carbons (Fsp3) is 0.281. The van der Waals surface area contributed by atoms with Crippen molar-refractivity contribution in [1.29, 1.82) is 0 Å². The summed E-state index contributed by atoms with van der Waals surface area (Å²) in [7, 11) is 1.93.